The lowest BCUT2D eigenvalue weighted by Crippen LogP contribution is -2.15. The van der Waals surface area contributed by atoms with Gasteiger partial charge < -0.3 is 15.2 Å². The number of rotatable bonds is 8. The van der Waals surface area contributed by atoms with Crippen LogP contribution in [0.1, 0.15) is 22.6 Å². The molecule has 0 aliphatic rings. The highest BCUT2D eigenvalue weighted by Gasteiger charge is 2.11. The lowest BCUT2D eigenvalue weighted by atomic mass is 9.92. The average Bonchev–Trinajstić information content (AvgIpc) is 2.72. The molecule has 0 aliphatic heterocycles. The molecule has 0 fully saturated rings. The van der Waals surface area contributed by atoms with Crippen molar-refractivity contribution in [2.24, 2.45) is 5.73 Å². The predicted molar refractivity (Wildman–Crippen MR) is 106 cm³/mol. The minimum Gasteiger partial charge on any atom is -0.497 e. The van der Waals surface area contributed by atoms with Gasteiger partial charge in [0.1, 0.15) is 18.1 Å². The molecule has 0 saturated carbocycles. The maximum Gasteiger partial charge on any atom is 0.119 e. The Bertz CT molecular complexity index is 783. The lowest BCUT2D eigenvalue weighted by molar-refractivity contribution is 0.306. The molecule has 0 aromatic heterocycles. The van der Waals surface area contributed by atoms with Gasteiger partial charge in [0, 0.05) is 5.92 Å². The number of hydrogen-bond acceptors (Lipinski definition) is 3. The number of nitrogens with two attached hydrogens (primary N) is 1. The predicted octanol–water partition coefficient (Wildman–Crippen LogP) is 4.56. The summed E-state index contributed by atoms with van der Waals surface area (Å²) in [6.45, 7) is 1.19. The molecular weight excluding hydrogens is 322 g/mol. The third-order valence-electron chi connectivity index (χ3n) is 4.53. The van der Waals surface area contributed by atoms with Crippen LogP contribution in [0.3, 0.4) is 0 Å². The fraction of sp³-hybridized carbons (Fsp3) is 0.217. The summed E-state index contributed by atoms with van der Waals surface area (Å²) in [5, 5.41) is 0. The molecule has 0 spiro atoms. The first kappa shape index (κ1) is 18.0. The number of methoxy groups -OCH3 is 1. The fourth-order valence-corrected chi connectivity index (χ4v) is 2.96. The van der Waals surface area contributed by atoms with E-state index < -0.39 is 0 Å². The Balaban J connectivity index is 1.60. The summed E-state index contributed by atoms with van der Waals surface area (Å²) in [5.74, 6) is 2.03. The summed E-state index contributed by atoms with van der Waals surface area (Å²) in [6.07, 6.45) is 0.905. The van der Waals surface area contributed by atoms with E-state index in [0.29, 0.717) is 13.2 Å². The maximum atomic E-state index is 6.01. The highest BCUT2D eigenvalue weighted by molar-refractivity contribution is 5.33. The molecule has 26 heavy (non-hydrogen) atoms. The van der Waals surface area contributed by atoms with Gasteiger partial charge in [-0.3, -0.25) is 0 Å². The lowest BCUT2D eigenvalue weighted by Gasteiger charge is -2.16. The van der Waals surface area contributed by atoms with E-state index in [4.69, 9.17) is 15.2 Å². The molecule has 0 amide bonds. The van der Waals surface area contributed by atoms with Crippen molar-refractivity contribution in [2.45, 2.75) is 18.9 Å². The van der Waals surface area contributed by atoms with E-state index in [1.807, 2.05) is 42.5 Å². The first-order valence-corrected chi connectivity index (χ1v) is 8.88. The van der Waals surface area contributed by atoms with Crippen molar-refractivity contribution >= 4 is 0 Å². The number of benzene rings is 3. The molecule has 134 valence electrons. The third kappa shape index (κ3) is 4.87. The largest absolute Gasteiger partial charge is 0.497 e. The van der Waals surface area contributed by atoms with Crippen molar-refractivity contribution in [3.05, 3.63) is 95.6 Å². The Hall–Kier alpha value is -2.78. The summed E-state index contributed by atoms with van der Waals surface area (Å²) < 4.78 is 11.1. The number of ether oxygens (including phenoxy) is 2. The fourth-order valence-electron chi connectivity index (χ4n) is 2.96. The summed E-state index contributed by atoms with van der Waals surface area (Å²) in [5.41, 5.74) is 9.66. The standard InChI is InChI=1S/C23H25NO2/c1-25-22-13-9-20(10-14-22)21(16-24)15-18-7-11-23(12-8-18)26-17-19-5-3-2-4-6-19/h2-14,21H,15-17,24H2,1H3. The van der Waals surface area contributed by atoms with E-state index in [-0.39, 0.29) is 5.92 Å². The van der Waals surface area contributed by atoms with Crippen LogP contribution >= 0.6 is 0 Å². The van der Waals surface area contributed by atoms with Gasteiger partial charge in [-0.25, -0.2) is 0 Å². The van der Waals surface area contributed by atoms with E-state index >= 15 is 0 Å². The van der Waals surface area contributed by atoms with Crippen LogP contribution in [0, 0.1) is 0 Å². The van der Waals surface area contributed by atoms with Crippen LogP contribution in [0.5, 0.6) is 11.5 Å². The highest BCUT2D eigenvalue weighted by Crippen LogP contribution is 2.24. The zero-order chi connectivity index (χ0) is 18.2. The van der Waals surface area contributed by atoms with Crippen LogP contribution in [0.2, 0.25) is 0 Å². The average molecular weight is 347 g/mol. The van der Waals surface area contributed by atoms with E-state index in [0.717, 1.165) is 17.9 Å². The zero-order valence-corrected chi connectivity index (χ0v) is 15.1. The molecule has 1 unspecified atom stereocenters. The van der Waals surface area contributed by atoms with E-state index in [1.54, 1.807) is 7.11 Å². The SMILES string of the molecule is COc1ccc(C(CN)Cc2ccc(OCc3ccccc3)cc2)cc1. The second-order valence-electron chi connectivity index (χ2n) is 6.33. The molecule has 3 nitrogen and oxygen atoms in total. The van der Waals surface area contributed by atoms with Crippen LogP contribution in [0.4, 0.5) is 0 Å². The van der Waals surface area contributed by atoms with Crippen LogP contribution in [0.25, 0.3) is 0 Å². The molecule has 0 radical (unpaired) electrons. The summed E-state index contributed by atoms with van der Waals surface area (Å²) >= 11 is 0. The first-order chi connectivity index (χ1) is 12.8. The summed E-state index contributed by atoms with van der Waals surface area (Å²) in [6, 6.07) is 26.6. The Morgan fingerprint density at radius 2 is 1.42 bits per heavy atom. The molecule has 3 aromatic rings. The van der Waals surface area contributed by atoms with Crippen molar-refractivity contribution in [1.29, 1.82) is 0 Å². The summed E-state index contributed by atoms with van der Waals surface area (Å²) in [7, 11) is 1.68. The van der Waals surface area contributed by atoms with Crippen LogP contribution in [-0.2, 0) is 13.0 Å². The molecule has 0 aliphatic carbocycles. The molecule has 3 aromatic carbocycles. The van der Waals surface area contributed by atoms with Gasteiger partial charge in [0.2, 0.25) is 0 Å². The van der Waals surface area contributed by atoms with Crippen molar-refractivity contribution in [1.82, 2.24) is 0 Å². The monoisotopic (exact) mass is 347 g/mol. The second kappa shape index (κ2) is 9.07. The van der Waals surface area contributed by atoms with Gasteiger partial charge in [-0.05, 0) is 53.9 Å². The molecular formula is C23H25NO2. The minimum absolute atomic E-state index is 0.289. The van der Waals surface area contributed by atoms with Gasteiger partial charge in [-0.15, -0.1) is 0 Å². The minimum atomic E-state index is 0.289. The Labute approximate surface area is 155 Å². The first-order valence-electron chi connectivity index (χ1n) is 8.88. The smallest absolute Gasteiger partial charge is 0.119 e. The summed E-state index contributed by atoms with van der Waals surface area (Å²) in [4.78, 5) is 0. The molecule has 3 heteroatoms. The van der Waals surface area contributed by atoms with Crippen molar-refractivity contribution in [2.75, 3.05) is 13.7 Å². The highest BCUT2D eigenvalue weighted by atomic mass is 16.5. The zero-order valence-electron chi connectivity index (χ0n) is 15.1. The molecule has 1 atom stereocenters. The molecule has 3 rings (SSSR count). The Kier molecular flexibility index (Phi) is 6.29. The van der Waals surface area contributed by atoms with Gasteiger partial charge in [0.25, 0.3) is 0 Å². The van der Waals surface area contributed by atoms with Crippen molar-refractivity contribution < 1.29 is 9.47 Å². The van der Waals surface area contributed by atoms with E-state index in [1.165, 1.54) is 16.7 Å². The van der Waals surface area contributed by atoms with Crippen LogP contribution in [-0.4, -0.2) is 13.7 Å². The topological polar surface area (TPSA) is 44.5 Å². The molecule has 0 heterocycles. The van der Waals surface area contributed by atoms with Crippen molar-refractivity contribution in [3.8, 4) is 11.5 Å². The second-order valence-corrected chi connectivity index (χ2v) is 6.33. The maximum absolute atomic E-state index is 6.01. The van der Waals surface area contributed by atoms with Gasteiger partial charge >= 0.3 is 0 Å². The van der Waals surface area contributed by atoms with Gasteiger partial charge in [0.15, 0.2) is 0 Å². The Morgan fingerprint density at radius 3 is 2.04 bits per heavy atom. The number of hydrogen-bond donors (Lipinski definition) is 1. The Morgan fingerprint density at radius 1 is 0.769 bits per heavy atom. The van der Waals surface area contributed by atoms with Gasteiger partial charge in [-0.2, -0.15) is 0 Å². The third-order valence-corrected chi connectivity index (χ3v) is 4.53. The quantitative estimate of drug-likeness (QED) is 0.650. The molecule has 2 N–H and O–H groups in total. The molecule has 0 saturated heterocycles. The van der Waals surface area contributed by atoms with Gasteiger partial charge in [0.05, 0.1) is 7.11 Å². The van der Waals surface area contributed by atoms with E-state index in [2.05, 4.69) is 36.4 Å². The molecule has 0 bridgehead atoms. The van der Waals surface area contributed by atoms with Crippen LogP contribution < -0.4 is 15.2 Å². The normalized spacial score (nSPS) is 11.8. The van der Waals surface area contributed by atoms with Gasteiger partial charge in [-0.1, -0.05) is 54.6 Å². The van der Waals surface area contributed by atoms with Crippen molar-refractivity contribution in [3.63, 3.8) is 0 Å². The van der Waals surface area contributed by atoms with E-state index in [9.17, 15) is 0 Å². The van der Waals surface area contributed by atoms with Crippen LogP contribution in [0.15, 0.2) is 78.9 Å².